The van der Waals surface area contributed by atoms with Gasteiger partial charge in [0.1, 0.15) is 6.54 Å². The summed E-state index contributed by atoms with van der Waals surface area (Å²) >= 11 is 0. The summed E-state index contributed by atoms with van der Waals surface area (Å²) < 4.78 is 5.37. The lowest BCUT2D eigenvalue weighted by molar-refractivity contribution is -0.384. The molecule has 31 heavy (non-hydrogen) atoms. The Balaban J connectivity index is 1.76. The van der Waals surface area contributed by atoms with E-state index in [1.165, 1.54) is 24.3 Å². The molecule has 0 aliphatic rings. The van der Waals surface area contributed by atoms with Gasteiger partial charge in [-0.1, -0.05) is 48.5 Å². The number of nitrogens with zero attached hydrogens (tertiary/aromatic N) is 1. The molecule has 0 saturated heterocycles. The van der Waals surface area contributed by atoms with Crippen molar-refractivity contribution < 1.29 is 24.0 Å². The zero-order valence-electron chi connectivity index (χ0n) is 16.3. The second-order valence-electron chi connectivity index (χ2n) is 6.50. The summed E-state index contributed by atoms with van der Waals surface area (Å²) in [6.07, 6.45) is -1.32. The van der Waals surface area contributed by atoms with Gasteiger partial charge in [0, 0.05) is 28.8 Å². The lowest BCUT2D eigenvalue weighted by Crippen LogP contribution is -2.32. The summed E-state index contributed by atoms with van der Waals surface area (Å²) in [7, 11) is 0. The fourth-order valence-electron chi connectivity index (χ4n) is 2.81. The minimum atomic E-state index is -1.32. The van der Waals surface area contributed by atoms with Gasteiger partial charge in [0.05, 0.1) is 4.92 Å². The van der Waals surface area contributed by atoms with E-state index in [0.29, 0.717) is 11.1 Å². The quantitative estimate of drug-likeness (QED) is 0.259. The monoisotopic (exact) mass is 418 g/mol. The smallest absolute Gasteiger partial charge is 0.326 e. The van der Waals surface area contributed by atoms with E-state index in [1.807, 2.05) is 0 Å². The van der Waals surface area contributed by atoms with Crippen LogP contribution in [0.3, 0.4) is 0 Å². The largest absolute Gasteiger partial charge is 0.448 e. The number of ketones is 1. The van der Waals surface area contributed by atoms with Crippen molar-refractivity contribution in [3.05, 3.63) is 112 Å². The third-order valence-corrected chi connectivity index (χ3v) is 4.38. The van der Waals surface area contributed by atoms with Crippen molar-refractivity contribution in [1.82, 2.24) is 5.32 Å². The number of benzene rings is 3. The molecule has 0 heterocycles. The van der Waals surface area contributed by atoms with Crippen LogP contribution in [0, 0.1) is 10.1 Å². The predicted octanol–water partition coefficient (Wildman–Crippen LogP) is 3.49. The van der Waals surface area contributed by atoms with Crippen LogP contribution in [-0.4, -0.2) is 29.1 Å². The Bertz CT molecular complexity index is 1080. The second-order valence-corrected chi connectivity index (χ2v) is 6.50. The van der Waals surface area contributed by atoms with Crippen molar-refractivity contribution in [2.45, 2.75) is 6.10 Å². The summed E-state index contributed by atoms with van der Waals surface area (Å²) in [5.74, 6) is -1.77. The lowest BCUT2D eigenvalue weighted by atomic mass is 9.99. The molecule has 0 saturated carbocycles. The maximum absolute atomic E-state index is 13.0. The number of carbonyl (C=O) groups excluding carboxylic acids is 3. The van der Waals surface area contributed by atoms with Crippen molar-refractivity contribution in [2.24, 2.45) is 0 Å². The maximum atomic E-state index is 13.0. The Hall–Kier alpha value is -4.33. The summed E-state index contributed by atoms with van der Waals surface area (Å²) in [5.41, 5.74) is 0.813. The number of hydrogen-bond acceptors (Lipinski definition) is 6. The molecule has 3 rings (SSSR count). The maximum Gasteiger partial charge on any atom is 0.326 e. The zero-order chi connectivity index (χ0) is 22.2. The van der Waals surface area contributed by atoms with Crippen LogP contribution in [0.5, 0.6) is 0 Å². The van der Waals surface area contributed by atoms with Crippen molar-refractivity contribution in [1.29, 1.82) is 0 Å². The molecule has 0 fully saturated rings. The molecule has 0 spiro atoms. The van der Waals surface area contributed by atoms with E-state index in [2.05, 4.69) is 5.32 Å². The van der Waals surface area contributed by atoms with Crippen LogP contribution in [0.15, 0.2) is 84.9 Å². The molecule has 3 aromatic rings. The molecule has 0 aromatic heterocycles. The molecule has 0 aliphatic heterocycles. The van der Waals surface area contributed by atoms with E-state index < -0.39 is 35.2 Å². The summed E-state index contributed by atoms with van der Waals surface area (Å²) in [5, 5.41) is 13.3. The number of nitro benzene ring substituents is 1. The number of rotatable bonds is 8. The van der Waals surface area contributed by atoms with Crippen LogP contribution in [0.2, 0.25) is 0 Å². The molecular formula is C23H18N2O6. The highest BCUT2D eigenvalue weighted by atomic mass is 16.6. The fourth-order valence-corrected chi connectivity index (χ4v) is 2.81. The van der Waals surface area contributed by atoms with Crippen molar-refractivity contribution in [3.63, 3.8) is 0 Å². The van der Waals surface area contributed by atoms with E-state index in [9.17, 15) is 24.5 Å². The third kappa shape index (κ3) is 5.60. The number of nitrogens with one attached hydrogen (secondary N) is 1. The summed E-state index contributed by atoms with van der Waals surface area (Å²) in [4.78, 5) is 47.8. The average Bonchev–Trinajstić information content (AvgIpc) is 2.81. The predicted molar refractivity (Wildman–Crippen MR) is 111 cm³/mol. The molecule has 8 nitrogen and oxygen atoms in total. The minimum absolute atomic E-state index is 0.156. The Morgan fingerprint density at radius 2 is 1.39 bits per heavy atom. The molecule has 0 bridgehead atoms. The Labute approximate surface area is 177 Å². The van der Waals surface area contributed by atoms with Gasteiger partial charge in [-0.15, -0.1) is 0 Å². The number of amides is 1. The topological polar surface area (TPSA) is 116 Å². The van der Waals surface area contributed by atoms with Gasteiger partial charge in [0.25, 0.3) is 11.6 Å². The third-order valence-electron chi connectivity index (χ3n) is 4.38. The molecule has 8 heteroatoms. The van der Waals surface area contributed by atoms with E-state index >= 15 is 0 Å². The van der Waals surface area contributed by atoms with Crippen LogP contribution in [0.1, 0.15) is 32.4 Å². The van der Waals surface area contributed by atoms with Crippen molar-refractivity contribution in [3.8, 4) is 0 Å². The zero-order valence-corrected chi connectivity index (χ0v) is 16.3. The normalized spacial score (nSPS) is 11.2. The first kappa shape index (κ1) is 21.4. The Kier molecular flexibility index (Phi) is 6.85. The molecule has 0 aliphatic carbocycles. The van der Waals surface area contributed by atoms with Crippen LogP contribution in [0.25, 0.3) is 0 Å². The van der Waals surface area contributed by atoms with Crippen LogP contribution >= 0.6 is 0 Å². The van der Waals surface area contributed by atoms with E-state index in [-0.39, 0.29) is 11.3 Å². The van der Waals surface area contributed by atoms with Gasteiger partial charge in [0.15, 0.2) is 6.10 Å². The van der Waals surface area contributed by atoms with Crippen LogP contribution < -0.4 is 5.32 Å². The van der Waals surface area contributed by atoms with Gasteiger partial charge in [-0.2, -0.15) is 0 Å². The average molecular weight is 418 g/mol. The summed E-state index contributed by atoms with van der Waals surface area (Å²) in [6.45, 7) is -0.445. The molecule has 1 atom stereocenters. The standard InChI is InChI=1S/C23H18N2O6/c26-20(15-24-23(28)18-9-5-2-6-10-18)31-22(21(27)16-7-3-1-4-8-16)17-11-13-19(14-12-17)25(29)30/h1-14,22H,15H2,(H,24,28)/t22-/m1/s1. The Morgan fingerprint density at radius 3 is 1.94 bits per heavy atom. The molecule has 1 amide bonds. The minimum Gasteiger partial charge on any atom is -0.448 e. The van der Waals surface area contributed by atoms with Gasteiger partial charge in [0.2, 0.25) is 5.78 Å². The number of nitro groups is 1. The van der Waals surface area contributed by atoms with E-state index in [1.54, 1.807) is 60.7 Å². The van der Waals surface area contributed by atoms with E-state index in [4.69, 9.17) is 4.74 Å². The van der Waals surface area contributed by atoms with Gasteiger partial charge in [-0.05, 0) is 24.3 Å². The fraction of sp³-hybridized carbons (Fsp3) is 0.0870. The van der Waals surface area contributed by atoms with E-state index in [0.717, 1.165) is 0 Å². The summed E-state index contributed by atoms with van der Waals surface area (Å²) in [6, 6.07) is 21.7. The number of non-ortho nitro benzene ring substituents is 1. The van der Waals surface area contributed by atoms with Gasteiger partial charge >= 0.3 is 5.97 Å². The second kappa shape index (κ2) is 9.93. The van der Waals surface area contributed by atoms with Crippen molar-refractivity contribution >= 4 is 23.3 Å². The van der Waals surface area contributed by atoms with Crippen LogP contribution in [-0.2, 0) is 9.53 Å². The highest BCUT2D eigenvalue weighted by Gasteiger charge is 2.27. The first-order valence-electron chi connectivity index (χ1n) is 9.32. The highest BCUT2D eigenvalue weighted by molar-refractivity contribution is 6.01. The number of ether oxygens (including phenoxy) is 1. The molecular weight excluding hydrogens is 400 g/mol. The number of Topliss-reactive ketones (excluding diaryl/α,β-unsaturated/α-hetero) is 1. The highest BCUT2D eigenvalue weighted by Crippen LogP contribution is 2.25. The first-order valence-corrected chi connectivity index (χ1v) is 9.32. The molecule has 156 valence electrons. The molecule has 1 N–H and O–H groups in total. The van der Waals surface area contributed by atoms with Crippen molar-refractivity contribution in [2.75, 3.05) is 6.54 Å². The SMILES string of the molecule is O=C(CNC(=O)c1ccccc1)O[C@@H](C(=O)c1ccccc1)c1ccc([N+](=O)[O-])cc1. The van der Waals surface area contributed by atoms with Crippen LogP contribution in [0.4, 0.5) is 5.69 Å². The van der Waals surface area contributed by atoms with Gasteiger partial charge in [-0.3, -0.25) is 24.5 Å². The number of hydrogen-bond donors (Lipinski definition) is 1. The Morgan fingerprint density at radius 1 is 0.839 bits per heavy atom. The lowest BCUT2D eigenvalue weighted by Gasteiger charge is -2.17. The molecule has 0 unspecified atom stereocenters. The number of esters is 1. The van der Waals surface area contributed by atoms with Gasteiger partial charge in [-0.25, -0.2) is 0 Å². The molecule has 0 radical (unpaired) electrons. The first-order chi connectivity index (χ1) is 15.0. The molecule has 3 aromatic carbocycles. The number of carbonyl (C=O) groups is 3. The van der Waals surface area contributed by atoms with Gasteiger partial charge < -0.3 is 10.1 Å².